The highest BCUT2D eigenvalue weighted by molar-refractivity contribution is 6.30. The predicted octanol–water partition coefficient (Wildman–Crippen LogP) is 6.08. The van der Waals surface area contributed by atoms with E-state index in [-0.39, 0.29) is 24.2 Å². The Morgan fingerprint density at radius 3 is 2.03 bits per heavy atom. The zero-order valence-corrected chi connectivity index (χ0v) is 17.0. The number of likely N-dealkylation sites (N-methyl/N-ethyl adjacent to an activating group) is 1. The summed E-state index contributed by atoms with van der Waals surface area (Å²) in [5, 5.41) is 0.650. The van der Waals surface area contributed by atoms with Crippen molar-refractivity contribution in [2.75, 3.05) is 20.1 Å². The molecule has 1 saturated heterocycles. The largest absolute Gasteiger partial charge is 0.416 e. The van der Waals surface area contributed by atoms with Gasteiger partial charge in [-0.1, -0.05) is 23.7 Å². The Morgan fingerprint density at radius 2 is 1.50 bits per heavy atom. The first-order valence-corrected chi connectivity index (χ1v) is 9.75. The van der Waals surface area contributed by atoms with Crippen LogP contribution in [0.1, 0.15) is 28.7 Å². The summed E-state index contributed by atoms with van der Waals surface area (Å²) in [5.41, 5.74) is -1.47. The Balaban J connectivity index is 1.68. The van der Waals surface area contributed by atoms with Gasteiger partial charge in [0.2, 0.25) is 0 Å². The number of hydrogen-bond donors (Lipinski definition) is 0. The predicted molar refractivity (Wildman–Crippen MR) is 103 cm³/mol. The molecular weight excluding hydrogens is 430 g/mol. The lowest BCUT2D eigenvalue weighted by atomic mass is 10.0. The molecule has 164 valence electrons. The average Bonchev–Trinajstić information content (AvgIpc) is 3.10. The van der Waals surface area contributed by atoms with Gasteiger partial charge in [0.05, 0.1) is 11.1 Å². The smallest absolute Gasteiger partial charge is 0.298 e. The molecule has 1 aliphatic heterocycles. The third-order valence-electron chi connectivity index (χ3n) is 5.27. The van der Waals surface area contributed by atoms with Gasteiger partial charge in [-0.15, -0.1) is 0 Å². The lowest BCUT2D eigenvalue weighted by molar-refractivity contribution is -0.143. The first-order valence-electron chi connectivity index (χ1n) is 9.37. The van der Waals surface area contributed by atoms with Crippen LogP contribution in [0.25, 0.3) is 0 Å². The van der Waals surface area contributed by atoms with Crippen molar-refractivity contribution in [3.63, 3.8) is 0 Å². The second-order valence-electron chi connectivity index (χ2n) is 7.63. The molecule has 30 heavy (non-hydrogen) atoms. The number of rotatable bonds is 5. The number of benzene rings is 2. The van der Waals surface area contributed by atoms with E-state index in [1.807, 2.05) is 29.2 Å². The Bertz CT molecular complexity index is 831. The van der Waals surface area contributed by atoms with Crippen molar-refractivity contribution >= 4 is 11.6 Å². The minimum absolute atomic E-state index is 0.00389. The summed E-state index contributed by atoms with van der Waals surface area (Å²) in [5.74, 6) is 0. The Morgan fingerprint density at radius 1 is 0.933 bits per heavy atom. The lowest BCUT2D eigenvalue weighted by Gasteiger charge is -2.25. The van der Waals surface area contributed by atoms with Crippen molar-refractivity contribution in [3.05, 3.63) is 69.7 Å². The summed E-state index contributed by atoms with van der Waals surface area (Å²) >= 11 is 5.89. The molecule has 0 aliphatic carbocycles. The quantitative estimate of drug-likeness (QED) is 0.509. The summed E-state index contributed by atoms with van der Waals surface area (Å²) in [6.07, 6.45) is -8.89. The highest BCUT2D eigenvalue weighted by Crippen LogP contribution is 2.36. The summed E-state index contributed by atoms with van der Waals surface area (Å²) in [6.45, 7) is 2.20. The van der Waals surface area contributed by atoms with E-state index in [0.717, 1.165) is 30.7 Å². The van der Waals surface area contributed by atoms with Crippen LogP contribution < -0.4 is 0 Å². The summed E-state index contributed by atoms with van der Waals surface area (Å²) in [4.78, 5) is 4.02. The van der Waals surface area contributed by atoms with Crippen LogP contribution in [0.2, 0.25) is 5.02 Å². The highest BCUT2D eigenvalue weighted by atomic mass is 35.5. The Kier molecular flexibility index (Phi) is 6.69. The first kappa shape index (κ1) is 22.9. The normalized spacial score (nSPS) is 18.4. The van der Waals surface area contributed by atoms with Crippen LogP contribution in [-0.2, 0) is 25.4 Å². The molecule has 0 saturated carbocycles. The van der Waals surface area contributed by atoms with Gasteiger partial charge in [-0.2, -0.15) is 26.3 Å². The van der Waals surface area contributed by atoms with E-state index in [2.05, 4.69) is 4.90 Å². The number of likely N-dealkylation sites (tertiary alicyclic amines) is 1. The molecule has 1 unspecified atom stereocenters. The van der Waals surface area contributed by atoms with Gasteiger partial charge in [-0.3, -0.25) is 9.80 Å². The fourth-order valence-corrected chi connectivity index (χ4v) is 3.82. The minimum Gasteiger partial charge on any atom is -0.298 e. The summed E-state index contributed by atoms with van der Waals surface area (Å²) in [6, 6.07) is 9.28. The van der Waals surface area contributed by atoms with Crippen molar-refractivity contribution in [1.82, 2.24) is 9.80 Å². The van der Waals surface area contributed by atoms with Gasteiger partial charge >= 0.3 is 12.4 Å². The minimum atomic E-state index is -4.84. The zero-order chi connectivity index (χ0) is 22.1. The van der Waals surface area contributed by atoms with E-state index in [1.165, 1.54) is 0 Å². The highest BCUT2D eigenvalue weighted by Gasteiger charge is 2.37. The van der Waals surface area contributed by atoms with Crippen LogP contribution in [-0.4, -0.2) is 36.0 Å². The van der Waals surface area contributed by atoms with Gasteiger partial charge in [0.15, 0.2) is 0 Å². The molecule has 2 aromatic rings. The van der Waals surface area contributed by atoms with Crippen LogP contribution in [0, 0.1) is 0 Å². The van der Waals surface area contributed by atoms with E-state index < -0.39 is 23.5 Å². The number of hydrogen-bond acceptors (Lipinski definition) is 2. The van der Waals surface area contributed by atoms with Crippen molar-refractivity contribution in [1.29, 1.82) is 0 Å². The number of nitrogens with zero attached hydrogens (tertiary/aromatic N) is 2. The molecule has 1 aliphatic rings. The Hall–Kier alpha value is -1.77. The van der Waals surface area contributed by atoms with Crippen LogP contribution in [0.15, 0.2) is 42.5 Å². The van der Waals surface area contributed by atoms with Crippen LogP contribution in [0.5, 0.6) is 0 Å². The van der Waals surface area contributed by atoms with E-state index in [1.54, 1.807) is 7.05 Å². The second kappa shape index (κ2) is 8.77. The monoisotopic (exact) mass is 450 g/mol. The van der Waals surface area contributed by atoms with E-state index in [9.17, 15) is 26.3 Å². The summed E-state index contributed by atoms with van der Waals surface area (Å²) < 4.78 is 78.4. The fraction of sp³-hybridized carbons (Fsp3) is 0.429. The average molecular weight is 451 g/mol. The van der Waals surface area contributed by atoms with Gasteiger partial charge in [-0.25, -0.2) is 0 Å². The molecule has 0 amide bonds. The Labute approximate surface area is 176 Å². The topological polar surface area (TPSA) is 6.48 Å². The molecule has 1 atom stereocenters. The maximum Gasteiger partial charge on any atom is 0.416 e. The molecule has 0 bridgehead atoms. The van der Waals surface area contributed by atoms with Gasteiger partial charge in [0.25, 0.3) is 0 Å². The van der Waals surface area contributed by atoms with Gasteiger partial charge in [-0.05, 0) is 54.9 Å². The van der Waals surface area contributed by atoms with E-state index >= 15 is 0 Å². The maximum atomic E-state index is 13.1. The number of halogens is 7. The third-order valence-corrected chi connectivity index (χ3v) is 5.52. The molecule has 1 fully saturated rings. The molecule has 1 heterocycles. The standard InChI is InChI=1S/C21H21ClF6N2/c1-29(19-6-7-30(13-19)12-14-2-4-18(22)5-3-14)11-15-8-16(20(23,24)25)10-17(9-15)21(26,27)28/h2-5,8-10,19H,6-7,11-13H2,1H3. The molecule has 0 N–H and O–H groups in total. The van der Waals surface area contributed by atoms with Gasteiger partial charge in [0, 0.05) is 37.2 Å². The fourth-order valence-electron chi connectivity index (χ4n) is 3.69. The zero-order valence-electron chi connectivity index (χ0n) is 16.2. The SMILES string of the molecule is CN(Cc1cc(C(F)(F)F)cc(C(F)(F)F)c1)C1CCN(Cc2ccc(Cl)cc2)C1. The van der Waals surface area contributed by atoms with Gasteiger partial charge in [0.1, 0.15) is 0 Å². The maximum absolute atomic E-state index is 13.1. The van der Waals surface area contributed by atoms with Crippen molar-refractivity contribution < 1.29 is 26.3 Å². The van der Waals surface area contributed by atoms with Crippen LogP contribution >= 0.6 is 11.6 Å². The third kappa shape index (κ3) is 5.89. The van der Waals surface area contributed by atoms with Crippen molar-refractivity contribution in [2.45, 2.75) is 37.9 Å². The molecule has 0 spiro atoms. The van der Waals surface area contributed by atoms with Crippen LogP contribution in [0.3, 0.4) is 0 Å². The van der Waals surface area contributed by atoms with Crippen molar-refractivity contribution in [3.8, 4) is 0 Å². The lowest BCUT2D eigenvalue weighted by Crippen LogP contribution is -2.34. The van der Waals surface area contributed by atoms with E-state index in [0.29, 0.717) is 18.1 Å². The molecule has 2 nitrogen and oxygen atoms in total. The van der Waals surface area contributed by atoms with Crippen molar-refractivity contribution in [2.24, 2.45) is 0 Å². The molecule has 0 radical (unpaired) electrons. The molecule has 0 aromatic heterocycles. The molecule has 9 heteroatoms. The first-order chi connectivity index (χ1) is 13.9. The number of alkyl halides is 6. The van der Waals surface area contributed by atoms with E-state index in [4.69, 9.17) is 11.6 Å². The molecule has 3 rings (SSSR count). The second-order valence-corrected chi connectivity index (χ2v) is 8.07. The molecular formula is C21H21ClF6N2. The van der Waals surface area contributed by atoms with Gasteiger partial charge < -0.3 is 0 Å². The molecule has 2 aromatic carbocycles. The van der Waals surface area contributed by atoms with Crippen LogP contribution in [0.4, 0.5) is 26.3 Å². The summed E-state index contributed by atoms with van der Waals surface area (Å²) in [7, 11) is 1.73.